The second-order valence-corrected chi connectivity index (χ2v) is 7.08. The minimum Gasteiger partial charge on any atom is -0.357 e. The number of amides is 1. The van der Waals surface area contributed by atoms with Gasteiger partial charge in [0.1, 0.15) is 0 Å². The van der Waals surface area contributed by atoms with E-state index in [-0.39, 0.29) is 29.9 Å². The molecule has 0 saturated carbocycles. The van der Waals surface area contributed by atoms with E-state index in [0.29, 0.717) is 25.2 Å². The zero-order valence-corrected chi connectivity index (χ0v) is 20.9. The molecule has 0 atom stereocenters. The van der Waals surface area contributed by atoms with Gasteiger partial charge in [-0.3, -0.25) is 9.48 Å². The number of hydrogen-bond acceptors (Lipinski definition) is 3. The van der Waals surface area contributed by atoms with Crippen LogP contribution >= 0.6 is 24.0 Å². The molecule has 0 aliphatic carbocycles. The first-order valence-corrected chi connectivity index (χ1v) is 10.6. The molecular weight excluding hydrogens is 515 g/mol. The Balaban J connectivity index is 0.00000363. The van der Waals surface area contributed by atoms with Crippen molar-refractivity contribution in [3.63, 3.8) is 0 Å². The number of benzene rings is 2. The van der Waals surface area contributed by atoms with Gasteiger partial charge < -0.3 is 16.0 Å². The molecule has 0 aliphatic rings. The van der Waals surface area contributed by atoms with Gasteiger partial charge in [0.2, 0.25) is 0 Å². The molecule has 1 aromatic heterocycles. The fourth-order valence-corrected chi connectivity index (χ4v) is 3.22. The molecule has 2 aromatic carbocycles. The Labute approximate surface area is 206 Å². The predicted octanol–water partition coefficient (Wildman–Crippen LogP) is 3.55. The first-order chi connectivity index (χ1) is 15.2. The summed E-state index contributed by atoms with van der Waals surface area (Å²) in [7, 11) is 0. The van der Waals surface area contributed by atoms with Crippen LogP contribution < -0.4 is 16.0 Å². The third-order valence-corrected chi connectivity index (χ3v) is 4.75. The zero-order valence-electron chi connectivity index (χ0n) is 18.5. The van der Waals surface area contributed by atoms with Crippen molar-refractivity contribution in [2.75, 3.05) is 13.1 Å². The minimum absolute atomic E-state index is 0. The second kappa shape index (κ2) is 13.5. The molecule has 3 aromatic rings. The summed E-state index contributed by atoms with van der Waals surface area (Å²) in [6.07, 6.45) is 3.75. The van der Waals surface area contributed by atoms with Gasteiger partial charge in [-0.1, -0.05) is 36.4 Å². The highest BCUT2D eigenvalue weighted by molar-refractivity contribution is 14.0. The molecule has 0 saturated heterocycles. The first kappa shape index (κ1) is 25.4. The minimum atomic E-state index is -0.0628. The highest BCUT2D eigenvalue weighted by Crippen LogP contribution is 2.11. The summed E-state index contributed by atoms with van der Waals surface area (Å²) in [4.78, 5) is 16.8. The monoisotopic (exact) mass is 546 g/mol. The number of aliphatic imine (C=N–C) groups is 1. The Hall–Kier alpha value is -2.88. The quantitative estimate of drug-likeness (QED) is 0.218. The summed E-state index contributed by atoms with van der Waals surface area (Å²) in [5.74, 6) is 0.673. The lowest BCUT2D eigenvalue weighted by Crippen LogP contribution is -2.37. The molecule has 0 aliphatic heterocycles. The Morgan fingerprint density at radius 1 is 0.969 bits per heavy atom. The molecule has 8 heteroatoms. The van der Waals surface area contributed by atoms with Gasteiger partial charge in [-0.05, 0) is 48.7 Å². The summed E-state index contributed by atoms with van der Waals surface area (Å²) in [5.41, 5.74) is 4.05. The number of rotatable bonds is 9. The van der Waals surface area contributed by atoms with Gasteiger partial charge in [-0.2, -0.15) is 5.10 Å². The van der Waals surface area contributed by atoms with Crippen LogP contribution in [0.15, 0.2) is 72.0 Å². The van der Waals surface area contributed by atoms with Crippen LogP contribution in [0.25, 0.3) is 0 Å². The molecule has 3 N–H and O–H groups in total. The van der Waals surface area contributed by atoms with E-state index in [2.05, 4.69) is 33.2 Å². The van der Waals surface area contributed by atoms with Gasteiger partial charge in [0.25, 0.3) is 5.91 Å². The molecule has 0 radical (unpaired) electrons. The maximum atomic E-state index is 12.1. The van der Waals surface area contributed by atoms with Crippen LogP contribution in [0.4, 0.5) is 0 Å². The third kappa shape index (κ3) is 7.67. The van der Waals surface area contributed by atoms with E-state index in [0.717, 1.165) is 24.6 Å². The third-order valence-electron chi connectivity index (χ3n) is 4.75. The van der Waals surface area contributed by atoms with Crippen molar-refractivity contribution in [1.29, 1.82) is 0 Å². The van der Waals surface area contributed by atoms with Crippen LogP contribution in [0, 0.1) is 0 Å². The number of nitrogens with one attached hydrogen (secondary N) is 3. The van der Waals surface area contributed by atoms with Crippen LogP contribution in [0.2, 0.25) is 0 Å². The van der Waals surface area contributed by atoms with E-state index in [1.807, 2.05) is 67.2 Å². The number of aromatic nitrogens is 2. The number of carbonyl (C=O) groups excluding carboxylic acids is 1. The lowest BCUT2D eigenvalue weighted by molar-refractivity contribution is 0.0955. The number of nitrogens with zero attached hydrogens (tertiary/aromatic N) is 3. The van der Waals surface area contributed by atoms with Gasteiger partial charge in [-0.25, -0.2) is 4.99 Å². The maximum absolute atomic E-state index is 12.1. The van der Waals surface area contributed by atoms with E-state index in [9.17, 15) is 4.79 Å². The van der Waals surface area contributed by atoms with Crippen LogP contribution in [0.3, 0.4) is 0 Å². The highest BCUT2D eigenvalue weighted by atomic mass is 127. The summed E-state index contributed by atoms with van der Waals surface area (Å²) in [5, 5.41) is 13.8. The lowest BCUT2D eigenvalue weighted by Gasteiger charge is -2.14. The van der Waals surface area contributed by atoms with Crippen molar-refractivity contribution < 1.29 is 4.79 Å². The molecule has 3 rings (SSSR count). The van der Waals surface area contributed by atoms with Crippen molar-refractivity contribution in [1.82, 2.24) is 25.7 Å². The highest BCUT2D eigenvalue weighted by Gasteiger charge is 2.06. The average molecular weight is 546 g/mol. The van der Waals surface area contributed by atoms with Gasteiger partial charge in [0.15, 0.2) is 5.96 Å². The molecular formula is C24H31IN6O. The van der Waals surface area contributed by atoms with Crippen molar-refractivity contribution >= 4 is 35.8 Å². The maximum Gasteiger partial charge on any atom is 0.251 e. The number of carbonyl (C=O) groups is 1. The summed E-state index contributed by atoms with van der Waals surface area (Å²) in [6.45, 7) is 7.19. The molecule has 0 bridgehead atoms. The van der Waals surface area contributed by atoms with Crippen molar-refractivity contribution in [2.45, 2.75) is 33.5 Å². The van der Waals surface area contributed by atoms with Gasteiger partial charge in [-0.15, -0.1) is 24.0 Å². The Kier molecular flexibility index (Phi) is 10.7. The van der Waals surface area contributed by atoms with E-state index in [1.54, 1.807) is 6.20 Å². The summed E-state index contributed by atoms with van der Waals surface area (Å²) >= 11 is 0. The van der Waals surface area contributed by atoms with Crippen molar-refractivity contribution in [2.24, 2.45) is 4.99 Å². The Morgan fingerprint density at radius 3 is 2.47 bits per heavy atom. The SMILES string of the molecule is CCNC(=O)c1cccc(CN=C(NCC)NCc2ccccc2Cn2cccn2)c1.I. The molecule has 0 fully saturated rings. The lowest BCUT2D eigenvalue weighted by atomic mass is 10.1. The molecule has 170 valence electrons. The fourth-order valence-electron chi connectivity index (χ4n) is 3.22. The van der Waals surface area contributed by atoms with E-state index >= 15 is 0 Å². The number of hydrogen-bond donors (Lipinski definition) is 3. The van der Waals surface area contributed by atoms with Crippen LogP contribution in [0.5, 0.6) is 0 Å². The van der Waals surface area contributed by atoms with Gasteiger partial charge >= 0.3 is 0 Å². The first-order valence-electron chi connectivity index (χ1n) is 10.6. The molecule has 1 amide bonds. The standard InChI is InChI=1S/C24H30N6O.HI/c1-3-25-23(31)20-12-7-9-19(15-20)16-27-24(26-4-2)28-17-21-10-5-6-11-22(21)18-30-14-8-13-29-30;/h5-15H,3-4,16-18H2,1-2H3,(H,25,31)(H2,26,27,28);1H. The van der Waals surface area contributed by atoms with Crippen molar-refractivity contribution in [3.05, 3.63) is 89.2 Å². The number of guanidine groups is 1. The number of halogens is 1. The van der Waals surface area contributed by atoms with Gasteiger partial charge in [0.05, 0.1) is 13.1 Å². The van der Waals surface area contributed by atoms with Crippen LogP contribution in [-0.2, 0) is 19.6 Å². The van der Waals surface area contributed by atoms with E-state index < -0.39 is 0 Å². The molecule has 0 unspecified atom stereocenters. The van der Waals surface area contributed by atoms with Crippen LogP contribution in [-0.4, -0.2) is 34.7 Å². The smallest absolute Gasteiger partial charge is 0.251 e. The topological polar surface area (TPSA) is 83.3 Å². The molecule has 7 nitrogen and oxygen atoms in total. The normalized spacial score (nSPS) is 10.9. The second-order valence-electron chi connectivity index (χ2n) is 7.08. The fraction of sp³-hybridized carbons (Fsp3) is 0.292. The Bertz CT molecular complexity index is 1000. The summed E-state index contributed by atoms with van der Waals surface area (Å²) in [6, 6.07) is 17.8. The molecule has 32 heavy (non-hydrogen) atoms. The Morgan fingerprint density at radius 2 is 1.75 bits per heavy atom. The van der Waals surface area contributed by atoms with Crippen LogP contribution in [0.1, 0.15) is 40.9 Å². The predicted molar refractivity (Wildman–Crippen MR) is 139 cm³/mol. The molecule has 1 heterocycles. The summed E-state index contributed by atoms with van der Waals surface area (Å²) < 4.78 is 1.92. The largest absolute Gasteiger partial charge is 0.357 e. The average Bonchev–Trinajstić information content (AvgIpc) is 3.30. The van der Waals surface area contributed by atoms with Crippen molar-refractivity contribution in [3.8, 4) is 0 Å². The van der Waals surface area contributed by atoms with E-state index in [1.165, 1.54) is 11.1 Å². The molecule has 0 spiro atoms. The zero-order chi connectivity index (χ0) is 21.9. The van der Waals surface area contributed by atoms with Gasteiger partial charge in [0, 0.05) is 37.6 Å². The van der Waals surface area contributed by atoms with E-state index in [4.69, 9.17) is 4.99 Å².